The van der Waals surface area contributed by atoms with Gasteiger partial charge >= 0.3 is 6.03 Å². The van der Waals surface area contributed by atoms with Crippen LogP contribution >= 0.6 is 0 Å². The lowest BCUT2D eigenvalue weighted by Crippen LogP contribution is -2.36. The minimum Gasteiger partial charge on any atom is -0.396 e. The number of rotatable bonds is 3. The van der Waals surface area contributed by atoms with Crippen LogP contribution in [0.1, 0.15) is 12.0 Å². The average molecular weight is 247 g/mol. The Labute approximate surface area is 106 Å². The van der Waals surface area contributed by atoms with Gasteiger partial charge in [-0.3, -0.25) is 5.32 Å². The van der Waals surface area contributed by atoms with Crippen molar-refractivity contribution in [1.82, 2.24) is 10.3 Å². The molecule has 3 N–H and O–H groups in total. The number of nitrogens with zero attached hydrogens (tertiary/aromatic N) is 1. The molecule has 0 fully saturated rings. The van der Waals surface area contributed by atoms with E-state index in [1.54, 1.807) is 12.3 Å². The highest BCUT2D eigenvalue weighted by molar-refractivity contribution is 5.88. The number of aryl methyl sites for hydroxylation is 1. The van der Waals surface area contributed by atoms with Gasteiger partial charge in [0.2, 0.25) is 0 Å². The van der Waals surface area contributed by atoms with Crippen LogP contribution in [0, 0.1) is 12.8 Å². The fourth-order valence-corrected chi connectivity index (χ4v) is 1.88. The normalized spacial score (nSPS) is 21.9. The summed E-state index contributed by atoms with van der Waals surface area (Å²) in [6.45, 7) is 2.06. The Morgan fingerprint density at radius 3 is 2.94 bits per heavy atom. The Morgan fingerprint density at radius 1 is 1.50 bits per heavy atom. The van der Waals surface area contributed by atoms with Crippen molar-refractivity contribution in [2.24, 2.45) is 5.92 Å². The van der Waals surface area contributed by atoms with Crippen LogP contribution in [0.4, 0.5) is 10.6 Å². The number of pyridine rings is 1. The van der Waals surface area contributed by atoms with Crippen molar-refractivity contribution in [1.29, 1.82) is 0 Å². The van der Waals surface area contributed by atoms with Crippen molar-refractivity contribution < 1.29 is 9.90 Å². The van der Waals surface area contributed by atoms with Gasteiger partial charge in [-0.15, -0.1) is 0 Å². The Balaban J connectivity index is 1.82. The molecule has 2 atom stereocenters. The number of hydrogen-bond donors (Lipinski definition) is 3. The predicted molar refractivity (Wildman–Crippen MR) is 69.2 cm³/mol. The zero-order valence-corrected chi connectivity index (χ0v) is 10.3. The molecule has 1 aromatic rings. The molecule has 0 radical (unpaired) electrons. The fourth-order valence-electron chi connectivity index (χ4n) is 1.88. The van der Waals surface area contributed by atoms with E-state index in [-0.39, 0.29) is 24.6 Å². The second-order valence-corrected chi connectivity index (χ2v) is 4.49. The van der Waals surface area contributed by atoms with Gasteiger partial charge in [-0.1, -0.05) is 18.2 Å². The van der Waals surface area contributed by atoms with Gasteiger partial charge in [0.05, 0.1) is 0 Å². The van der Waals surface area contributed by atoms with Crippen molar-refractivity contribution in [2.75, 3.05) is 11.9 Å². The highest BCUT2D eigenvalue weighted by Crippen LogP contribution is 2.17. The number of aliphatic hydroxyl groups is 1. The van der Waals surface area contributed by atoms with Gasteiger partial charge in [0.25, 0.3) is 0 Å². The monoisotopic (exact) mass is 247 g/mol. The van der Waals surface area contributed by atoms with Gasteiger partial charge in [0.1, 0.15) is 5.82 Å². The number of anilines is 1. The van der Waals surface area contributed by atoms with Crippen molar-refractivity contribution in [3.05, 3.63) is 36.0 Å². The molecule has 0 saturated carbocycles. The van der Waals surface area contributed by atoms with Crippen LogP contribution in [-0.2, 0) is 0 Å². The number of urea groups is 1. The summed E-state index contributed by atoms with van der Waals surface area (Å²) in [6.07, 6.45) is 6.27. The first-order chi connectivity index (χ1) is 8.67. The van der Waals surface area contributed by atoms with Crippen molar-refractivity contribution in [3.8, 4) is 0 Å². The van der Waals surface area contributed by atoms with Crippen LogP contribution < -0.4 is 10.6 Å². The van der Waals surface area contributed by atoms with Crippen molar-refractivity contribution in [2.45, 2.75) is 19.4 Å². The number of aliphatic hydroxyl groups excluding tert-OH is 1. The van der Waals surface area contributed by atoms with Crippen molar-refractivity contribution in [3.63, 3.8) is 0 Å². The Bertz CT molecular complexity index is 442. The molecule has 0 aliphatic heterocycles. The molecule has 0 aromatic carbocycles. The molecule has 18 heavy (non-hydrogen) atoms. The molecular formula is C13H17N3O2. The number of amides is 2. The summed E-state index contributed by atoms with van der Waals surface area (Å²) in [4.78, 5) is 15.8. The minimum atomic E-state index is -0.278. The first kappa shape index (κ1) is 12.6. The van der Waals surface area contributed by atoms with Gasteiger partial charge in [0.15, 0.2) is 0 Å². The summed E-state index contributed by atoms with van der Waals surface area (Å²) >= 11 is 0. The molecule has 96 valence electrons. The maximum Gasteiger partial charge on any atom is 0.320 e. The largest absolute Gasteiger partial charge is 0.396 e. The van der Waals surface area contributed by atoms with E-state index in [0.29, 0.717) is 5.82 Å². The van der Waals surface area contributed by atoms with Crippen LogP contribution in [0.15, 0.2) is 30.5 Å². The summed E-state index contributed by atoms with van der Waals surface area (Å²) in [5, 5.41) is 14.5. The molecule has 1 aliphatic carbocycles. The van der Waals surface area contributed by atoms with Crippen molar-refractivity contribution >= 4 is 11.8 Å². The van der Waals surface area contributed by atoms with E-state index in [1.165, 1.54) is 0 Å². The van der Waals surface area contributed by atoms with E-state index in [9.17, 15) is 4.79 Å². The molecule has 1 heterocycles. The molecule has 5 nitrogen and oxygen atoms in total. The topological polar surface area (TPSA) is 74.2 Å². The van der Waals surface area contributed by atoms with Crippen LogP contribution in [0.25, 0.3) is 0 Å². The number of nitrogens with one attached hydrogen (secondary N) is 2. The summed E-state index contributed by atoms with van der Waals surface area (Å²) in [6, 6.07) is 3.35. The molecule has 5 heteroatoms. The predicted octanol–water partition coefficient (Wildman–Crippen LogP) is 1.45. The SMILES string of the molecule is Cc1ccc(NC(=O)N[C@@H]2C=C[C@H](CO)C2)nc1. The number of aromatic nitrogens is 1. The molecule has 0 spiro atoms. The molecule has 0 saturated heterocycles. The van der Waals surface area contributed by atoms with Gasteiger partial charge in [0, 0.05) is 24.8 Å². The third-order valence-corrected chi connectivity index (χ3v) is 2.88. The molecule has 1 aliphatic rings. The molecule has 2 amide bonds. The van der Waals surface area contributed by atoms with E-state index in [0.717, 1.165) is 12.0 Å². The third kappa shape index (κ3) is 3.30. The average Bonchev–Trinajstić information content (AvgIpc) is 2.79. The summed E-state index contributed by atoms with van der Waals surface area (Å²) in [5.74, 6) is 0.673. The molecule has 1 aromatic heterocycles. The van der Waals surface area contributed by atoms with Gasteiger partial charge in [-0.05, 0) is 25.0 Å². The smallest absolute Gasteiger partial charge is 0.320 e. The van der Waals surface area contributed by atoms with Crippen LogP contribution in [0.3, 0.4) is 0 Å². The second kappa shape index (κ2) is 5.64. The maximum absolute atomic E-state index is 11.7. The first-order valence-corrected chi connectivity index (χ1v) is 5.96. The zero-order valence-electron chi connectivity index (χ0n) is 10.3. The van der Waals surface area contributed by atoms with E-state index in [2.05, 4.69) is 15.6 Å². The highest BCUT2D eigenvalue weighted by atomic mass is 16.3. The minimum absolute atomic E-state index is 0.0207. The van der Waals surface area contributed by atoms with E-state index >= 15 is 0 Å². The molecule has 2 rings (SSSR count). The van der Waals surface area contributed by atoms with Crippen LogP contribution in [0.2, 0.25) is 0 Å². The van der Waals surface area contributed by atoms with E-state index < -0.39 is 0 Å². The molecular weight excluding hydrogens is 230 g/mol. The second-order valence-electron chi connectivity index (χ2n) is 4.49. The fraction of sp³-hybridized carbons (Fsp3) is 0.385. The Kier molecular flexibility index (Phi) is 3.94. The summed E-state index contributed by atoms with van der Waals surface area (Å²) in [5.41, 5.74) is 1.05. The van der Waals surface area contributed by atoms with Crippen LogP contribution in [-0.4, -0.2) is 28.8 Å². The highest BCUT2D eigenvalue weighted by Gasteiger charge is 2.19. The van der Waals surface area contributed by atoms with E-state index in [1.807, 2.05) is 25.1 Å². The van der Waals surface area contributed by atoms with Gasteiger partial charge in [-0.25, -0.2) is 9.78 Å². The lowest BCUT2D eigenvalue weighted by molar-refractivity contribution is 0.238. The van der Waals surface area contributed by atoms with Gasteiger partial charge in [-0.2, -0.15) is 0 Å². The Morgan fingerprint density at radius 2 is 2.33 bits per heavy atom. The van der Waals surface area contributed by atoms with E-state index in [4.69, 9.17) is 5.11 Å². The number of carbonyl (C=O) groups is 1. The maximum atomic E-state index is 11.7. The number of hydrogen-bond acceptors (Lipinski definition) is 3. The van der Waals surface area contributed by atoms with Crippen LogP contribution in [0.5, 0.6) is 0 Å². The zero-order chi connectivity index (χ0) is 13.0. The van der Waals surface area contributed by atoms with Gasteiger partial charge < -0.3 is 10.4 Å². The lowest BCUT2D eigenvalue weighted by atomic mass is 10.1. The summed E-state index contributed by atoms with van der Waals surface area (Å²) in [7, 11) is 0. The quantitative estimate of drug-likeness (QED) is 0.708. The molecule has 0 unspecified atom stereocenters. The molecule has 0 bridgehead atoms. The Hall–Kier alpha value is -1.88. The third-order valence-electron chi connectivity index (χ3n) is 2.88. The standard InChI is InChI=1S/C13H17N3O2/c1-9-2-5-12(14-7-9)16-13(18)15-11-4-3-10(6-11)8-17/h2-5,7,10-11,17H,6,8H2,1H3,(H2,14,15,16,18)/t10-,11+/m0/s1. The lowest BCUT2D eigenvalue weighted by Gasteiger charge is -2.13. The first-order valence-electron chi connectivity index (χ1n) is 5.96. The number of carbonyl (C=O) groups excluding carboxylic acids is 1. The summed E-state index contributed by atoms with van der Waals surface area (Å²) < 4.78 is 0.